The molecular weight excluding hydrogens is 144 g/mol. The third kappa shape index (κ3) is 1.45. The first-order valence-corrected chi connectivity index (χ1v) is 4.60. The van der Waals surface area contributed by atoms with Crippen molar-refractivity contribution in [3.63, 3.8) is 0 Å². The fourth-order valence-corrected chi connectivity index (χ4v) is 2.15. The van der Waals surface area contributed by atoms with Crippen LogP contribution >= 0.6 is 11.8 Å². The Kier molecular flexibility index (Phi) is 2.60. The molecule has 0 aromatic rings. The van der Waals surface area contributed by atoms with Gasteiger partial charge in [0.25, 0.3) is 0 Å². The number of aliphatic imine (C=N–C) groups is 1. The summed E-state index contributed by atoms with van der Waals surface area (Å²) in [5.41, 5.74) is 0. The molecule has 2 nitrogen and oxygen atoms in total. The molecule has 0 amide bonds. The second-order valence-electron chi connectivity index (χ2n) is 2.64. The summed E-state index contributed by atoms with van der Waals surface area (Å²) in [6.07, 6.45) is 0. The minimum Gasteiger partial charge on any atom is -0.348 e. The van der Waals surface area contributed by atoms with E-state index in [2.05, 4.69) is 23.7 Å². The first kappa shape index (κ1) is 7.92. The highest BCUT2D eigenvalue weighted by Gasteiger charge is 2.20. The van der Waals surface area contributed by atoms with Crippen LogP contribution in [0.2, 0.25) is 0 Å². The van der Waals surface area contributed by atoms with Crippen LogP contribution < -0.4 is 0 Å². The summed E-state index contributed by atoms with van der Waals surface area (Å²) in [6.45, 7) is 5.57. The van der Waals surface area contributed by atoms with Crippen molar-refractivity contribution in [2.45, 2.75) is 19.9 Å². The normalized spacial score (nSPS) is 23.2. The summed E-state index contributed by atoms with van der Waals surface area (Å²) >= 11 is 1.85. The van der Waals surface area contributed by atoms with Crippen LogP contribution in [0, 0.1) is 0 Å². The molecule has 0 unspecified atom stereocenters. The van der Waals surface area contributed by atoms with Crippen molar-refractivity contribution in [1.82, 2.24) is 4.90 Å². The third-order valence-electron chi connectivity index (χ3n) is 1.62. The summed E-state index contributed by atoms with van der Waals surface area (Å²) < 4.78 is 0. The van der Waals surface area contributed by atoms with Gasteiger partial charge in [-0.2, -0.15) is 0 Å². The molecule has 0 spiro atoms. The summed E-state index contributed by atoms with van der Waals surface area (Å²) in [6, 6.07) is 0.605. The summed E-state index contributed by atoms with van der Waals surface area (Å²) in [4.78, 5) is 6.53. The second-order valence-corrected chi connectivity index (χ2v) is 3.70. The molecule has 0 aromatic heterocycles. The van der Waals surface area contributed by atoms with Crippen molar-refractivity contribution in [2.24, 2.45) is 4.99 Å². The van der Waals surface area contributed by atoms with Crippen LogP contribution in [0.1, 0.15) is 13.8 Å². The van der Waals surface area contributed by atoms with E-state index in [0.29, 0.717) is 6.04 Å². The molecule has 0 saturated carbocycles. The number of hydrogen-bond acceptors (Lipinski definition) is 2. The van der Waals surface area contributed by atoms with E-state index in [4.69, 9.17) is 0 Å². The molecule has 1 heterocycles. The number of rotatable bonds is 1. The number of hydrogen-bond donors (Lipinski definition) is 0. The highest BCUT2D eigenvalue weighted by atomic mass is 32.2. The Hall–Kier alpha value is -0.180. The molecule has 3 heteroatoms. The van der Waals surface area contributed by atoms with Crippen LogP contribution in [0.4, 0.5) is 0 Å². The van der Waals surface area contributed by atoms with Crippen LogP contribution in [0.3, 0.4) is 0 Å². The van der Waals surface area contributed by atoms with Crippen molar-refractivity contribution in [3.05, 3.63) is 0 Å². The molecule has 1 aliphatic heterocycles. The molecule has 58 valence electrons. The van der Waals surface area contributed by atoms with Gasteiger partial charge in [-0.15, -0.1) is 0 Å². The van der Waals surface area contributed by atoms with E-state index in [1.165, 1.54) is 10.9 Å². The molecule has 0 radical (unpaired) electrons. The zero-order valence-corrected chi connectivity index (χ0v) is 7.61. The standard InChI is InChI=1S/C7H14N2S/c1-6(2)9-4-5-10-7(9)8-3/h6H,4-5H2,1-3H3. The van der Waals surface area contributed by atoms with E-state index in [-0.39, 0.29) is 0 Å². The lowest BCUT2D eigenvalue weighted by Gasteiger charge is -2.21. The quantitative estimate of drug-likeness (QED) is 0.573. The topological polar surface area (TPSA) is 15.6 Å². The van der Waals surface area contributed by atoms with E-state index < -0.39 is 0 Å². The molecule has 1 rings (SSSR count). The van der Waals surface area contributed by atoms with Gasteiger partial charge in [0.1, 0.15) is 0 Å². The van der Waals surface area contributed by atoms with E-state index in [0.717, 1.165) is 6.54 Å². The molecule has 0 aromatic carbocycles. The monoisotopic (exact) mass is 158 g/mol. The van der Waals surface area contributed by atoms with Gasteiger partial charge in [-0.05, 0) is 13.8 Å². The van der Waals surface area contributed by atoms with Crippen molar-refractivity contribution >= 4 is 16.9 Å². The van der Waals surface area contributed by atoms with E-state index >= 15 is 0 Å². The van der Waals surface area contributed by atoms with Crippen LogP contribution in [0.15, 0.2) is 4.99 Å². The summed E-state index contributed by atoms with van der Waals surface area (Å²) in [7, 11) is 1.86. The van der Waals surface area contributed by atoms with E-state index in [9.17, 15) is 0 Å². The fourth-order valence-electron chi connectivity index (χ4n) is 1.09. The molecule has 1 saturated heterocycles. The minimum atomic E-state index is 0.605. The third-order valence-corrected chi connectivity index (χ3v) is 2.69. The Morgan fingerprint density at radius 1 is 1.60 bits per heavy atom. The lowest BCUT2D eigenvalue weighted by atomic mass is 10.3. The molecule has 0 bridgehead atoms. The van der Waals surface area contributed by atoms with Gasteiger partial charge in [-0.1, -0.05) is 11.8 Å². The minimum absolute atomic E-state index is 0.605. The Labute approximate surface area is 66.7 Å². The van der Waals surface area contributed by atoms with E-state index in [1.807, 2.05) is 18.8 Å². The van der Waals surface area contributed by atoms with Gasteiger partial charge in [0.05, 0.1) is 0 Å². The molecule has 1 aliphatic rings. The van der Waals surface area contributed by atoms with Crippen LogP contribution in [0.5, 0.6) is 0 Å². The lowest BCUT2D eigenvalue weighted by molar-refractivity contribution is 0.384. The van der Waals surface area contributed by atoms with Crippen molar-refractivity contribution in [1.29, 1.82) is 0 Å². The number of thioether (sulfide) groups is 1. The molecule has 10 heavy (non-hydrogen) atoms. The Balaban J connectivity index is 2.59. The van der Waals surface area contributed by atoms with Crippen LogP contribution in [-0.2, 0) is 0 Å². The van der Waals surface area contributed by atoms with Crippen LogP contribution in [0.25, 0.3) is 0 Å². The summed E-state index contributed by atoms with van der Waals surface area (Å²) in [5.74, 6) is 1.20. The largest absolute Gasteiger partial charge is 0.348 e. The Bertz CT molecular complexity index is 143. The maximum absolute atomic E-state index is 4.20. The van der Waals surface area contributed by atoms with Crippen molar-refractivity contribution in [3.8, 4) is 0 Å². The molecule has 0 atom stereocenters. The SMILES string of the molecule is CN=C1SCCN1C(C)C. The molecule has 0 aliphatic carbocycles. The van der Waals surface area contributed by atoms with Gasteiger partial charge < -0.3 is 4.90 Å². The van der Waals surface area contributed by atoms with Crippen molar-refractivity contribution in [2.75, 3.05) is 19.3 Å². The Morgan fingerprint density at radius 3 is 2.70 bits per heavy atom. The molecule has 0 N–H and O–H groups in total. The predicted molar refractivity (Wildman–Crippen MR) is 47.7 cm³/mol. The first-order valence-electron chi connectivity index (χ1n) is 3.62. The van der Waals surface area contributed by atoms with Gasteiger partial charge in [0, 0.05) is 25.4 Å². The maximum atomic E-state index is 4.20. The predicted octanol–water partition coefficient (Wildman–Crippen LogP) is 1.43. The van der Waals surface area contributed by atoms with Gasteiger partial charge in [0.2, 0.25) is 0 Å². The first-order chi connectivity index (χ1) is 4.75. The zero-order valence-electron chi connectivity index (χ0n) is 6.79. The highest BCUT2D eigenvalue weighted by Crippen LogP contribution is 2.19. The van der Waals surface area contributed by atoms with Crippen molar-refractivity contribution < 1.29 is 0 Å². The van der Waals surface area contributed by atoms with Gasteiger partial charge >= 0.3 is 0 Å². The number of nitrogens with zero attached hydrogens (tertiary/aromatic N) is 2. The average Bonchev–Trinajstić information content (AvgIpc) is 2.33. The van der Waals surface area contributed by atoms with Gasteiger partial charge in [-0.25, -0.2) is 0 Å². The average molecular weight is 158 g/mol. The van der Waals surface area contributed by atoms with Crippen LogP contribution in [-0.4, -0.2) is 35.5 Å². The fraction of sp³-hybridized carbons (Fsp3) is 0.857. The second kappa shape index (κ2) is 3.28. The molecule has 1 fully saturated rings. The lowest BCUT2D eigenvalue weighted by Crippen LogP contribution is -2.31. The maximum Gasteiger partial charge on any atom is 0.159 e. The highest BCUT2D eigenvalue weighted by molar-refractivity contribution is 8.14. The smallest absolute Gasteiger partial charge is 0.159 e. The van der Waals surface area contributed by atoms with Gasteiger partial charge in [0.15, 0.2) is 5.17 Å². The molecular formula is C7H14N2S. The summed E-state index contributed by atoms with van der Waals surface area (Å²) in [5, 5.41) is 1.20. The zero-order chi connectivity index (χ0) is 7.56. The van der Waals surface area contributed by atoms with Gasteiger partial charge in [-0.3, -0.25) is 4.99 Å². The number of amidine groups is 1. The Morgan fingerprint density at radius 2 is 2.30 bits per heavy atom. The van der Waals surface area contributed by atoms with E-state index in [1.54, 1.807) is 0 Å².